The molecule has 21 fully saturated rings. The van der Waals surface area contributed by atoms with Crippen molar-refractivity contribution in [2.45, 2.75) is 253 Å². The van der Waals surface area contributed by atoms with Crippen LogP contribution in [0.5, 0.6) is 0 Å². The third-order valence-corrected chi connectivity index (χ3v) is 17.1. The lowest BCUT2D eigenvalue weighted by molar-refractivity contribution is -0.396. The van der Waals surface area contributed by atoms with Crippen molar-refractivity contribution in [2.24, 2.45) is 0 Å². The van der Waals surface area contributed by atoms with Gasteiger partial charge in [0.05, 0.1) is 58.3 Å². The molecule has 14 bridgehead atoms. The number of aliphatic carboxylic acids is 2. The number of aliphatic hydroxyl groups excluding tert-OH is 19. The minimum absolute atomic E-state index is 0.294. The summed E-state index contributed by atoms with van der Waals surface area (Å²) in [5.74, 6) is -4.60. The van der Waals surface area contributed by atoms with E-state index in [1.807, 2.05) is 0 Å². The second-order valence-electron chi connectivity index (χ2n) is 23.4. The van der Waals surface area contributed by atoms with Crippen LogP contribution in [0.3, 0.4) is 0 Å². The number of carbonyl (C=O) groups excluding carboxylic acids is 2. The van der Waals surface area contributed by atoms with Crippen LogP contribution in [0.15, 0.2) is 0 Å². The van der Waals surface area contributed by atoms with Crippen molar-refractivity contribution >= 4 is 23.8 Å². The molecule has 0 spiro atoms. The Morgan fingerprint density at radius 1 is 0.247 bits per heavy atom. The maximum atomic E-state index is 13.6. The lowest BCUT2D eigenvalue weighted by Crippen LogP contribution is -2.71. The first-order chi connectivity index (χ1) is 44.2. The van der Waals surface area contributed by atoms with Gasteiger partial charge in [0.2, 0.25) is 11.8 Å². The lowest BCUT2D eigenvalue weighted by atomic mass is 9.92. The zero-order chi connectivity index (χ0) is 68.0. The van der Waals surface area contributed by atoms with Gasteiger partial charge < -0.3 is 184 Å². The van der Waals surface area contributed by atoms with Gasteiger partial charge in [-0.3, -0.25) is 19.2 Å². The fourth-order valence-electron chi connectivity index (χ4n) is 12.1. The predicted octanol–water partition coefficient (Wildman–Crippen LogP) is -14.5. The molecule has 35 atom stereocenters. The fourth-order valence-corrected chi connectivity index (χ4v) is 12.1. The van der Waals surface area contributed by atoms with Crippen molar-refractivity contribution in [3.63, 3.8) is 0 Å². The molecule has 21 rings (SSSR count). The van der Waals surface area contributed by atoms with Crippen LogP contribution in [0, 0.1) is 0 Å². The summed E-state index contributed by atoms with van der Waals surface area (Å²) in [5, 5.41) is 237. The molecule has 0 radical (unpaired) electrons. The Balaban J connectivity index is 1.15. The quantitative estimate of drug-likeness (QED) is 0.0643. The van der Waals surface area contributed by atoms with E-state index >= 15 is 0 Å². The molecular formula is C52H84N2O39. The first kappa shape index (κ1) is 75.3. The van der Waals surface area contributed by atoms with Crippen molar-refractivity contribution in [3.8, 4) is 0 Å². The molecule has 536 valence electrons. The number of carboxylic acids is 2. The smallest absolute Gasteiger partial charge is 0.303 e. The minimum atomic E-state index is -2.33. The Labute approximate surface area is 525 Å². The van der Waals surface area contributed by atoms with E-state index in [9.17, 15) is 126 Å². The number of hydrogen-bond donors (Lipinski definition) is 23. The van der Waals surface area contributed by atoms with Gasteiger partial charge in [0.15, 0.2) is 44.0 Å². The highest BCUT2D eigenvalue weighted by Crippen LogP contribution is 2.39. The third kappa shape index (κ3) is 16.8. The standard InChI is InChI=1S/C52H84N2O39/c55-7-14-39-26(54-22(63)4-2-6-24(66)67)28(69)47(81-14)89-41-16(9-57)83-49(35(76)30(41)71)91-43-18(11-59)85-51(37(78)32(43)73)93-45-20(13-61)86-52(38(79)33(45)74)92-44-19(12-60)84-50(36(77)31(44)72)90-42-17(10-58)82-48(34(75)29(42)70)88-40-15(8-56)80-46(87-39)27(68)25(40)53-21(62)3-1-5-23(64)65/h14-20,25-52,55-61,68-79H,1-13H2,(H,53,62)(H,54,63)(H,64,65)(H,66,67)/t14-,15-,16-,17-,18-,19-,20-,25+,26+,27+,28+,29-,30-,31-,32-,33-,34-,35-,36-,37-,38-,39-,40-,41-,42-,43-,44-,45-,46-,47-,48-,49-,50-,51-,52-/m0/s1. The molecule has 93 heavy (non-hydrogen) atoms. The molecule has 0 aromatic heterocycles. The highest BCUT2D eigenvalue weighted by Gasteiger charge is 2.60. The Hall–Kier alpha value is -3.44. The van der Waals surface area contributed by atoms with Crippen LogP contribution in [0.2, 0.25) is 0 Å². The average Bonchev–Trinajstić information content (AvgIpc) is 0.788. The molecule has 0 aromatic carbocycles. The van der Waals surface area contributed by atoms with Crippen LogP contribution in [0.4, 0.5) is 0 Å². The summed E-state index contributed by atoms with van der Waals surface area (Å²) in [4.78, 5) is 50.0. The first-order valence-electron chi connectivity index (χ1n) is 29.9. The summed E-state index contributed by atoms with van der Waals surface area (Å²) in [6.07, 6.45) is -71.6. The Kier molecular flexibility index (Phi) is 27.1. The van der Waals surface area contributed by atoms with Crippen LogP contribution in [0.1, 0.15) is 38.5 Å². The van der Waals surface area contributed by atoms with Gasteiger partial charge in [-0.25, -0.2) is 0 Å². The Morgan fingerprint density at radius 3 is 0.624 bits per heavy atom. The molecule has 23 N–H and O–H groups in total. The number of ether oxygens (including phenoxy) is 14. The number of carboxylic acid groups (broad SMARTS) is 2. The van der Waals surface area contributed by atoms with Gasteiger partial charge >= 0.3 is 11.9 Å². The third-order valence-electron chi connectivity index (χ3n) is 17.1. The van der Waals surface area contributed by atoms with E-state index in [2.05, 4.69) is 10.6 Å². The van der Waals surface area contributed by atoms with Crippen molar-refractivity contribution in [1.29, 1.82) is 0 Å². The van der Waals surface area contributed by atoms with Gasteiger partial charge in [-0.15, -0.1) is 0 Å². The largest absolute Gasteiger partial charge is 0.481 e. The van der Waals surface area contributed by atoms with Crippen molar-refractivity contribution in [3.05, 3.63) is 0 Å². The van der Waals surface area contributed by atoms with Crippen LogP contribution in [0.25, 0.3) is 0 Å². The predicted molar refractivity (Wildman–Crippen MR) is 283 cm³/mol. The van der Waals surface area contributed by atoms with E-state index in [0.29, 0.717) is 0 Å². The summed E-state index contributed by atoms with van der Waals surface area (Å²) < 4.78 is 81.7. The van der Waals surface area contributed by atoms with Gasteiger partial charge in [-0.2, -0.15) is 0 Å². The van der Waals surface area contributed by atoms with Crippen LogP contribution < -0.4 is 10.6 Å². The fraction of sp³-hybridized carbons (Fsp3) is 0.923. The SMILES string of the molecule is O=C(O)CCCC(=O)N[C@@H]1[C@@H](O)[C@@H]2O[C@@H]3[C@H](NC(=O)CCCC(=O)O)[C@@H](O)[C@H](O[C@@H]4[C@@H](O)[C@H](O)[C@H](O[C@@H]5[C@@H](O)[C@H](O)[C@H](O[C@@H]6[C@@H](O)[C@H](O)[C@H](O[C@@H]7[C@@H](O)[C@H](O)[C@H](O[C@@H]8[C@@H](O)[C@H](O)[C@H](O[C@H]1[C@H](CO)O2)O[C@H]8CO)O[C@H]7CO)O[C@H]6CO)O[C@H]5CO)O[C@H]4CO)O[C@H]3CO. The molecule has 41 heteroatoms. The number of carbonyl (C=O) groups is 4. The molecule has 21 saturated heterocycles. The van der Waals surface area contributed by atoms with E-state index in [0.717, 1.165) is 0 Å². The van der Waals surface area contributed by atoms with Crippen LogP contribution in [-0.2, 0) is 85.5 Å². The molecule has 0 aliphatic carbocycles. The van der Waals surface area contributed by atoms with Crippen molar-refractivity contribution in [2.75, 3.05) is 46.2 Å². The number of nitrogens with one attached hydrogen (secondary N) is 2. The second kappa shape index (κ2) is 33.4. The van der Waals surface area contributed by atoms with E-state index in [-0.39, 0.29) is 12.8 Å². The number of amides is 2. The number of rotatable bonds is 17. The van der Waals surface area contributed by atoms with Crippen LogP contribution >= 0.6 is 0 Å². The minimum Gasteiger partial charge on any atom is -0.481 e. The van der Waals surface area contributed by atoms with E-state index in [4.69, 9.17) is 66.3 Å². The monoisotopic (exact) mass is 1360 g/mol. The molecular weight excluding hydrogens is 1280 g/mol. The topological polar surface area (TPSA) is 646 Å². The Morgan fingerprint density at radius 2 is 0.430 bits per heavy atom. The zero-order valence-corrected chi connectivity index (χ0v) is 49.1. The molecule has 21 heterocycles. The second-order valence-corrected chi connectivity index (χ2v) is 23.4. The summed E-state index contributed by atoms with van der Waals surface area (Å²) in [7, 11) is 0. The van der Waals surface area contributed by atoms with E-state index in [1.165, 1.54) is 0 Å². The van der Waals surface area contributed by atoms with Gasteiger partial charge in [0.25, 0.3) is 0 Å². The normalized spacial score (nSPS) is 47.6. The van der Waals surface area contributed by atoms with Crippen molar-refractivity contribution in [1.82, 2.24) is 10.6 Å². The number of aliphatic hydroxyl groups is 19. The maximum Gasteiger partial charge on any atom is 0.303 e. The number of hydrogen-bond acceptors (Lipinski definition) is 37. The van der Waals surface area contributed by atoms with Crippen molar-refractivity contribution < 1.29 is 193 Å². The molecule has 41 nitrogen and oxygen atoms in total. The zero-order valence-electron chi connectivity index (χ0n) is 49.1. The summed E-state index contributed by atoms with van der Waals surface area (Å²) >= 11 is 0. The average molecular weight is 1360 g/mol. The van der Waals surface area contributed by atoms with Gasteiger partial charge in [-0.1, -0.05) is 0 Å². The van der Waals surface area contributed by atoms with E-state index in [1.54, 1.807) is 0 Å². The Bertz CT molecular complexity index is 2350. The maximum absolute atomic E-state index is 13.6. The molecule has 21 aliphatic rings. The molecule has 0 saturated carbocycles. The molecule has 2 amide bonds. The van der Waals surface area contributed by atoms with Crippen LogP contribution in [-0.4, -0.2) is 392 Å². The molecule has 21 aliphatic heterocycles. The van der Waals surface area contributed by atoms with Gasteiger partial charge in [0.1, 0.15) is 159 Å². The highest BCUT2D eigenvalue weighted by atomic mass is 16.8. The summed E-state index contributed by atoms with van der Waals surface area (Å²) in [6, 6.07) is -3.89. The summed E-state index contributed by atoms with van der Waals surface area (Å²) in [6.45, 7) is -7.88. The summed E-state index contributed by atoms with van der Waals surface area (Å²) in [5.41, 5.74) is 0. The highest BCUT2D eigenvalue weighted by molar-refractivity contribution is 5.78. The van der Waals surface area contributed by atoms with Gasteiger partial charge in [-0.05, 0) is 12.8 Å². The molecule has 0 aromatic rings. The molecule has 0 unspecified atom stereocenters. The van der Waals surface area contributed by atoms with E-state index < -0.39 is 311 Å². The van der Waals surface area contributed by atoms with Gasteiger partial charge in [0, 0.05) is 25.7 Å². The first-order valence-corrected chi connectivity index (χ1v) is 29.9. The lowest BCUT2D eigenvalue weighted by Gasteiger charge is -2.51.